The molecule has 2 N–H and O–H groups in total. The van der Waals surface area contributed by atoms with Crippen molar-refractivity contribution in [3.63, 3.8) is 0 Å². The highest BCUT2D eigenvalue weighted by Gasteiger charge is 2.29. The summed E-state index contributed by atoms with van der Waals surface area (Å²) in [4.78, 5) is 29.3. The van der Waals surface area contributed by atoms with Crippen LogP contribution in [-0.4, -0.2) is 23.6 Å². The van der Waals surface area contributed by atoms with Gasteiger partial charge in [-0.25, -0.2) is 13.6 Å². The lowest BCUT2D eigenvalue weighted by molar-refractivity contribution is 0.102. The molecule has 7 nitrogen and oxygen atoms in total. The number of aromatic nitrogens is 1. The molecule has 0 bridgehead atoms. The molecule has 33 heavy (non-hydrogen) atoms. The molecule has 0 radical (unpaired) electrons. The average molecular weight is 474 g/mol. The predicted molar refractivity (Wildman–Crippen MR) is 116 cm³/mol. The Morgan fingerprint density at radius 3 is 2.76 bits per heavy atom. The lowest BCUT2D eigenvalue weighted by Crippen LogP contribution is -2.33. The summed E-state index contributed by atoms with van der Waals surface area (Å²) in [5, 5.41) is 5.35. The van der Waals surface area contributed by atoms with E-state index in [1.807, 2.05) is 0 Å². The summed E-state index contributed by atoms with van der Waals surface area (Å²) in [6.07, 6.45) is 1.39. The topological polar surface area (TPSA) is 89.5 Å². The van der Waals surface area contributed by atoms with Crippen LogP contribution in [0.4, 0.5) is 19.3 Å². The van der Waals surface area contributed by atoms with Crippen LogP contribution < -0.4 is 15.4 Å². The van der Waals surface area contributed by atoms with Crippen LogP contribution in [0.2, 0.25) is 5.02 Å². The van der Waals surface area contributed by atoms with Crippen LogP contribution in [0.3, 0.4) is 0 Å². The standard InChI is InChI=1S/C23H18ClF2N3O4/c24-16-6-5-15-19(29-23(31)33-12-14-3-1-2-9-27-14)8-10-32-21(15)20(16)22(30)28-13-4-7-17(25)18(26)11-13/h1-7,9,11,19H,8,10,12H2,(H,28,30)(H,29,31)/t19-/m0/s1. The van der Waals surface area contributed by atoms with Gasteiger partial charge < -0.3 is 20.1 Å². The van der Waals surface area contributed by atoms with Crippen LogP contribution in [0.25, 0.3) is 0 Å². The Labute approximate surface area is 192 Å². The second-order valence-corrected chi connectivity index (χ2v) is 7.56. The van der Waals surface area contributed by atoms with Crippen molar-refractivity contribution in [3.05, 3.63) is 88.2 Å². The summed E-state index contributed by atoms with van der Waals surface area (Å²) in [5.41, 5.74) is 1.21. The zero-order valence-electron chi connectivity index (χ0n) is 17.1. The molecule has 0 fully saturated rings. The fourth-order valence-electron chi connectivity index (χ4n) is 3.37. The maximum absolute atomic E-state index is 13.5. The summed E-state index contributed by atoms with van der Waals surface area (Å²) in [5.74, 6) is -2.60. The van der Waals surface area contributed by atoms with E-state index in [9.17, 15) is 18.4 Å². The molecule has 2 aromatic carbocycles. The second kappa shape index (κ2) is 9.83. The highest BCUT2D eigenvalue weighted by atomic mass is 35.5. The molecule has 2 heterocycles. The molecule has 0 spiro atoms. The van der Waals surface area contributed by atoms with Crippen molar-refractivity contribution in [2.45, 2.75) is 19.1 Å². The molecule has 1 aromatic heterocycles. The molecule has 1 aliphatic heterocycles. The number of halogens is 3. The number of ether oxygens (including phenoxy) is 2. The van der Waals surface area contributed by atoms with E-state index in [2.05, 4.69) is 15.6 Å². The zero-order chi connectivity index (χ0) is 23.4. The van der Waals surface area contributed by atoms with Gasteiger partial charge in [0.2, 0.25) is 0 Å². The molecule has 2 amide bonds. The number of hydrogen-bond acceptors (Lipinski definition) is 5. The minimum absolute atomic E-state index is 0.00521. The van der Waals surface area contributed by atoms with E-state index >= 15 is 0 Å². The summed E-state index contributed by atoms with van der Waals surface area (Å²) in [6.45, 7) is 0.217. The minimum Gasteiger partial charge on any atom is -0.492 e. The number of pyridine rings is 1. The number of hydrogen-bond donors (Lipinski definition) is 2. The van der Waals surface area contributed by atoms with Gasteiger partial charge in [0, 0.05) is 29.9 Å². The molecular formula is C23H18ClF2N3O4. The number of nitrogens with one attached hydrogen (secondary N) is 2. The van der Waals surface area contributed by atoms with Crippen molar-refractivity contribution in [3.8, 4) is 5.75 Å². The van der Waals surface area contributed by atoms with Gasteiger partial charge in [0.1, 0.15) is 17.9 Å². The lowest BCUT2D eigenvalue weighted by atomic mass is 9.97. The van der Waals surface area contributed by atoms with Gasteiger partial charge in [-0.3, -0.25) is 9.78 Å². The Kier molecular flexibility index (Phi) is 6.69. The highest BCUT2D eigenvalue weighted by molar-refractivity contribution is 6.35. The Morgan fingerprint density at radius 2 is 2.00 bits per heavy atom. The number of alkyl carbamates (subject to hydrolysis) is 1. The van der Waals surface area contributed by atoms with Gasteiger partial charge in [-0.15, -0.1) is 0 Å². The third-order valence-electron chi connectivity index (χ3n) is 4.94. The number of anilines is 1. The lowest BCUT2D eigenvalue weighted by Gasteiger charge is -2.28. The molecule has 0 unspecified atom stereocenters. The summed E-state index contributed by atoms with van der Waals surface area (Å²) in [6, 6.07) is 10.9. The molecule has 170 valence electrons. The summed E-state index contributed by atoms with van der Waals surface area (Å²) >= 11 is 6.26. The predicted octanol–water partition coefficient (Wildman–Crippen LogP) is 5.02. The van der Waals surface area contributed by atoms with Crippen LogP contribution in [0, 0.1) is 11.6 Å². The van der Waals surface area contributed by atoms with Gasteiger partial charge in [-0.2, -0.15) is 0 Å². The van der Waals surface area contributed by atoms with Crippen molar-refractivity contribution in [2.24, 2.45) is 0 Å². The fourth-order valence-corrected chi connectivity index (χ4v) is 3.61. The Balaban J connectivity index is 1.51. The van der Waals surface area contributed by atoms with Crippen LogP contribution in [0.5, 0.6) is 5.75 Å². The smallest absolute Gasteiger partial charge is 0.408 e. The van der Waals surface area contributed by atoms with Crippen LogP contribution >= 0.6 is 11.6 Å². The zero-order valence-corrected chi connectivity index (χ0v) is 17.9. The number of rotatable bonds is 5. The molecule has 1 aliphatic rings. The first-order valence-electron chi connectivity index (χ1n) is 9.97. The minimum atomic E-state index is -1.10. The first kappa shape index (κ1) is 22.5. The van der Waals surface area contributed by atoms with Crippen molar-refractivity contribution >= 4 is 29.3 Å². The molecule has 0 saturated carbocycles. The number of nitrogens with zero attached hydrogens (tertiary/aromatic N) is 1. The molecule has 0 aliphatic carbocycles. The van der Waals surface area contributed by atoms with Crippen molar-refractivity contribution in [1.29, 1.82) is 0 Å². The number of carbonyl (C=O) groups excluding carboxylic acids is 2. The normalized spacial score (nSPS) is 14.6. The Morgan fingerprint density at radius 1 is 1.15 bits per heavy atom. The largest absolute Gasteiger partial charge is 0.492 e. The molecular weight excluding hydrogens is 456 g/mol. The molecule has 0 saturated heterocycles. The second-order valence-electron chi connectivity index (χ2n) is 7.16. The van der Waals surface area contributed by atoms with E-state index in [0.717, 1.165) is 12.1 Å². The SMILES string of the molecule is O=C(N[C@H]1CCOc2c1ccc(Cl)c2C(=O)Nc1ccc(F)c(F)c1)OCc1ccccn1. The highest BCUT2D eigenvalue weighted by Crippen LogP contribution is 2.39. The Bertz CT molecular complexity index is 1190. The van der Waals surface area contributed by atoms with Gasteiger partial charge in [0.05, 0.1) is 23.4 Å². The van der Waals surface area contributed by atoms with E-state index in [-0.39, 0.29) is 35.2 Å². The third-order valence-corrected chi connectivity index (χ3v) is 5.25. The van der Waals surface area contributed by atoms with Crippen molar-refractivity contribution in [2.75, 3.05) is 11.9 Å². The molecule has 1 atom stereocenters. The summed E-state index contributed by atoms with van der Waals surface area (Å²) < 4.78 is 37.6. The number of amides is 2. The van der Waals surface area contributed by atoms with Gasteiger partial charge in [0.25, 0.3) is 5.91 Å². The van der Waals surface area contributed by atoms with Gasteiger partial charge >= 0.3 is 6.09 Å². The first-order valence-corrected chi connectivity index (χ1v) is 10.3. The maximum atomic E-state index is 13.5. The van der Waals surface area contributed by atoms with E-state index in [1.54, 1.807) is 30.5 Å². The number of benzene rings is 2. The molecule has 10 heteroatoms. The number of carbonyl (C=O) groups is 2. The van der Waals surface area contributed by atoms with Crippen molar-refractivity contribution in [1.82, 2.24) is 10.3 Å². The van der Waals surface area contributed by atoms with Gasteiger partial charge in [0.15, 0.2) is 11.6 Å². The van der Waals surface area contributed by atoms with Gasteiger partial charge in [-0.05, 0) is 30.3 Å². The monoisotopic (exact) mass is 473 g/mol. The van der Waals surface area contributed by atoms with E-state index in [0.29, 0.717) is 17.7 Å². The third kappa shape index (κ3) is 5.20. The van der Waals surface area contributed by atoms with Crippen LogP contribution in [0.15, 0.2) is 54.7 Å². The first-order chi connectivity index (χ1) is 15.9. The molecule has 3 aromatic rings. The van der Waals surface area contributed by atoms with E-state index < -0.39 is 29.7 Å². The number of fused-ring (bicyclic) bond motifs is 1. The van der Waals surface area contributed by atoms with E-state index in [1.165, 1.54) is 12.1 Å². The molecule has 4 rings (SSSR count). The Hall–Kier alpha value is -3.72. The fraction of sp³-hybridized carbons (Fsp3) is 0.174. The van der Waals surface area contributed by atoms with E-state index in [4.69, 9.17) is 21.1 Å². The summed E-state index contributed by atoms with van der Waals surface area (Å²) in [7, 11) is 0. The quantitative estimate of drug-likeness (QED) is 0.543. The maximum Gasteiger partial charge on any atom is 0.408 e. The van der Waals surface area contributed by atoms with Crippen LogP contribution in [0.1, 0.15) is 34.1 Å². The van der Waals surface area contributed by atoms with Gasteiger partial charge in [-0.1, -0.05) is 23.7 Å². The van der Waals surface area contributed by atoms with Crippen molar-refractivity contribution < 1.29 is 27.8 Å². The average Bonchev–Trinajstić information content (AvgIpc) is 2.80. The van der Waals surface area contributed by atoms with Crippen LogP contribution in [-0.2, 0) is 11.3 Å².